The van der Waals surface area contributed by atoms with Crippen molar-refractivity contribution in [2.75, 3.05) is 0 Å². The van der Waals surface area contributed by atoms with Crippen molar-refractivity contribution >= 4 is 5.91 Å². The van der Waals surface area contributed by atoms with E-state index >= 15 is 0 Å². The molecule has 5 heteroatoms. The molecule has 3 aromatic rings. The average molecular weight is 392 g/mol. The van der Waals surface area contributed by atoms with Crippen LogP contribution in [0.4, 0.5) is 0 Å². The molecule has 1 heterocycles. The highest BCUT2D eigenvalue weighted by atomic mass is 16.5. The molecule has 0 aliphatic rings. The first-order chi connectivity index (χ1) is 13.9. The van der Waals surface area contributed by atoms with Gasteiger partial charge < -0.3 is 14.6 Å². The highest BCUT2D eigenvalue weighted by molar-refractivity contribution is 5.94. The number of hydrogen-bond acceptors (Lipinski definition) is 4. The van der Waals surface area contributed by atoms with Crippen LogP contribution >= 0.6 is 0 Å². The Bertz CT molecular complexity index is 970. The third-order valence-corrected chi connectivity index (χ3v) is 5.16. The summed E-state index contributed by atoms with van der Waals surface area (Å²) in [6.07, 6.45) is 0.778. The molecule has 1 amide bonds. The van der Waals surface area contributed by atoms with Gasteiger partial charge in [-0.25, -0.2) is 0 Å². The zero-order valence-corrected chi connectivity index (χ0v) is 17.7. The number of para-hydroxylation sites is 1. The number of ether oxygens (including phenoxy) is 1. The van der Waals surface area contributed by atoms with E-state index in [-0.39, 0.29) is 24.2 Å². The number of amides is 1. The van der Waals surface area contributed by atoms with Crippen LogP contribution in [0, 0.1) is 27.7 Å². The van der Waals surface area contributed by atoms with Gasteiger partial charge in [-0.3, -0.25) is 4.79 Å². The predicted octanol–water partition coefficient (Wildman–Crippen LogP) is 5.37. The topological polar surface area (TPSA) is 64.4 Å². The monoisotopic (exact) mass is 392 g/mol. The summed E-state index contributed by atoms with van der Waals surface area (Å²) in [6.45, 7) is 10.1. The number of benzene rings is 2. The number of rotatable bonds is 7. The van der Waals surface area contributed by atoms with E-state index in [1.807, 2.05) is 70.2 Å². The van der Waals surface area contributed by atoms with Crippen molar-refractivity contribution in [3.8, 4) is 5.75 Å². The third kappa shape index (κ3) is 4.67. The van der Waals surface area contributed by atoms with Crippen molar-refractivity contribution in [3.63, 3.8) is 0 Å². The molecule has 1 unspecified atom stereocenters. The molecule has 1 aromatic heterocycles. The summed E-state index contributed by atoms with van der Waals surface area (Å²) in [4.78, 5) is 12.9. The van der Waals surface area contributed by atoms with Gasteiger partial charge in [-0.05, 0) is 50.8 Å². The van der Waals surface area contributed by atoms with Crippen molar-refractivity contribution in [1.82, 2.24) is 10.5 Å². The second-order valence-corrected chi connectivity index (χ2v) is 7.42. The minimum atomic E-state index is -0.255. The van der Waals surface area contributed by atoms with E-state index in [1.54, 1.807) is 6.92 Å². The number of aryl methyl sites for hydroxylation is 4. The van der Waals surface area contributed by atoms with Crippen LogP contribution in [0.25, 0.3) is 0 Å². The van der Waals surface area contributed by atoms with Crippen LogP contribution in [0.5, 0.6) is 5.75 Å². The molecule has 0 aliphatic heterocycles. The molecular formula is C24H28N2O3. The molecule has 5 nitrogen and oxygen atoms in total. The molecule has 0 bridgehead atoms. The second-order valence-electron chi connectivity index (χ2n) is 7.42. The molecule has 1 N–H and O–H groups in total. The Hall–Kier alpha value is -3.08. The molecular weight excluding hydrogens is 364 g/mol. The minimum absolute atomic E-state index is 0.0903. The number of aromatic nitrogens is 1. The Morgan fingerprint density at radius 3 is 2.34 bits per heavy atom. The van der Waals surface area contributed by atoms with E-state index in [4.69, 9.17) is 9.26 Å². The quantitative estimate of drug-likeness (QED) is 0.587. The maximum atomic E-state index is 12.9. The summed E-state index contributed by atoms with van der Waals surface area (Å²) < 4.78 is 11.3. The lowest BCUT2D eigenvalue weighted by Crippen LogP contribution is -2.29. The van der Waals surface area contributed by atoms with Gasteiger partial charge in [0, 0.05) is 0 Å². The van der Waals surface area contributed by atoms with Gasteiger partial charge >= 0.3 is 0 Å². The summed E-state index contributed by atoms with van der Waals surface area (Å²) >= 11 is 0. The maximum absolute atomic E-state index is 12.9. The van der Waals surface area contributed by atoms with E-state index in [0.29, 0.717) is 11.3 Å². The number of nitrogens with zero attached hydrogens (tertiary/aromatic N) is 1. The molecule has 0 spiro atoms. The lowest BCUT2D eigenvalue weighted by atomic mass is 10.0. The fraction of sp³-hybridized carbons (Fsp3) is 0.333. The van der Waals surface area contributed by atoms with Crippen LogP contribution in [-0.2, 0) is 6.61 Å². The van der Waals surface area contributed by atoms with Crippen molar-refractivity contribution in [2.24, 2.45) is 0 Å². The Morgan fingerprint density at radius 1 is 1.07 bits per heavy atom. The Labute approximate surface area is 172 Å². The zero-order chi connectivity index (χ0) is 21.0. The molecule has 1 atom stereocenters. The van der Waals surface area contributed by atoms with Gasteiger partial charge in [-0.1, -0.05) is 60.1 Å². The second kappa shape index (κ2) is 8.95. The highest BCUT2D eigenvalue weighted by Gasteiger charge is 2.23. The van der Waals surface area contributed by atoms with Crippen LogP contribution in [-0.4, -0.2) is 11.1 Å². The van der Waals surface area contributed by atoms with Gasteiger partial charge in [0.2, 0.25) is 0 Å². The van der Waals surface area contributed by atoms with Crippen LogP contribution in [0.15, 0.2) is 47.0 Å². The lowest BCUT2D eigenvalue weighted by Gasteiger charge is -2.17. The maximum Gasteiger partial charge on any atom is 0.274 e. The van der Waals surface area contributed by atoms with Crippen LogP contribution in [0.3, 0.4) is 0 Å². The lowest BCUT2D eigenvalue weighted by molar-refractivity contribution is 0.0924. The van der Waals surface area contributed by atoms with Crippen molar-refractivity contribution in [2.45, 2.75) is 53.7 Å². The fourth-order valence-corrected chi connectivity index (χ4v) is 3.36. The highest BCUT2D eigenvalue weighted by Crippen LogP contribution is 2.25. The first-order valence-electron chi connectivity index (χ1n) is 9.92. The van der Waals surface area contributed by atoms with Gasteiger partial charge in [-0.15, -0.1) is 0 Å². The molecule has 2 aromatic carbocycles. The van der Waals surface area contributed by atoms with E-state index in [0.717, 1.165) is 28.9 Å². The average Bonchev–Trinajstić information content (AvgIpc) is 3.07. The van der Waals surface area contributed by atoms with Crippen molar-refractivity contribution in [1.29, 1.82) is 0 Å². The van der Waals surface area contributed by atoms with E-state index < -0.39 is 0 Å². The number of carbonyl (C=O) groups excluding carboxylic acids is 1. The summed E-state index contributed by atoms with van der Waals surface area (Å²) in [5, 5.41) is 7.08. The third-order valence-electron chi connectivity index (χ3n) is 5.16. The van der Waals surface area contributed by atoms with Gasteiger partial charge in [-0.2, -0.15) is 0 Å². The molecule has 0 saturated carbocycles. The number of hydrogen-bond donors (Lipinski definition) is 1. The van der Waals surface area contributed by atoms with Crippen LogP contribution < -0.4 is 10.1 Å². The van der Waals surface area contributed by atoms with Crippen molar-refractivity contribution < 1.29 is 14.1 Å². The molecule has 0 saturated heterocycles. The van der Waals surface area contributed by atoms with Gasteiger partial charge in [0.1, 0.15) is 18.1 Å². The van der Waals surface area contributed by atoms with Gasteiger partial charge in [0.15, 0.2) is 5.69 Å². The molecule has 3 rings (SSSR count). The normalized spacial score (nSPS) is 11.9. The SMILES string of the molecule is CCC(NC(=O)c1noc(C)c1COc1c(C)cccc1C)c1ccc(C)cc1. The molecule has 152 valence electrons. The fourth-order valence-electron chi connectivity index (χ4n) is 3.36. The summed E-state index contributed by atoms with van der Waals surface area (Å²) in [5.74, 6) is 1.16. The Morgan fingerprint density at radius 2 is 1.72 bits per heavy atom. The van der Waals surface area contributed by atoms with E-state index in [2.05, 4.69) is 10.5 Å². The Balaban J connectivity index is 1.77. The largest absolute Gasteiger partial charge is 0.488 e. The van der Waals surface area contributed by atoms with Crippen molar-refractivity contribution in [3.05, 3.63) is 81.7 Å². The number of carbonyl (C=O) groups is 1. The molecule has 29 heavy (non-hydrogen) atoms. The molecule has 0 radical (unpaired) electrons. The number of nitrogens with one attached hydrogen (secondary N) is 1. The van der Waals surface area contributed by atoms with E-state index in [1.165, 1.54) is 5.56 Å². The van der Waals surface area contributed by atoms with Gasteiger partial charge in [0.05, 0.1) is 11.6 Å². The predicted molar refractivity (Wildman–Crippen MR) is 113 cm³/mol. The summed E-state index contributed by atoms with van der Waals surface area (Å²) in [5.41, 5.74) is 5.31. The summed E-state index contributed by atoms with van der Waals surface area (Å²) in [7, 11) is 0. The first-order valence-corrected chi connectivity index (χ1v) is 9.92. The Kier molecular flexibility index (Phi) is 6.37. The first kappa shape index (κ1) is 20.6. The van der Waals surface area contributed by atoms with Crippen LogP contribution in [0.2, 0.25) is 0 Å². The minimum Gasteiger partial charge on any atom is -0.488 e. The van der Waals surface area contributed by atoms with Crippen LogP contribution in [0.1, 0.15) is 63.5 Å². The van der Waals surface area contributed by atoms with E-state index in [9.17, 15) is 4.79 Å². The standard InChI is InChI=1S/C24H28N2O3/c1-6-21(19-12-10-15(2)11-13-19)25-24(27)22-20(18(5)29-26-22)14-28-23-16(3)8-7-9-17(23)4/h7-13,21H,6,14H2,1-5H3,(H,25,27). The molecule has 0 fully saturated rings. The summed E-state index contributed by atoms with van der Waals surface area (Å²) in [6, 6.07) is 14.1. The smallest absolute Gasteiger partial charge is 0.274 e. The zero-order valence-electron chi connectivity index (χ0n) is 17.7. The van der Waals surface area contributed by atoms with Gasteiger partial charge in [0.25, 0.3) is 5.91 Å². The molecule has 0 aliphatic carbocycles.